The monoisotopic (exact) mass is 523 g/mol. The average molecular weight is 524 g/mol. The highest BCUT2D eigenvalue weighted by Gasteiger charge is 2.35. The van der Waals surface area contributed by atoms with Crippen molar-refractivity contribution in [3.8, 4) is 17.7 Å². The average Bonchev–Trinajstić information content (AvgIpc) is 2.93. The van der Waals surface area contributed by atoms with Crippen LogP contribution in [-0.4, -0.2) is 83.8 Å². The van der Waals surface area contributed by atoms with Crippen molar-refractivity contribution < 1.29 is 28.6 Å². The number of pyridine rings is 1. The molecule has 0 unspecified atom stereocenters. The number of aliphatic hydroxyl groups excluding tert-OH is 1. The van der Waals surface area contributed by atoms with Crippen molar-refractivity contribution in [1.82, 2.24) is 14.8 Å². The van der Waals surface area contributed by atoms with Gasteiger partial charge in [0.1, 0.15) is 17.5 Å². The van der Waals surface area contributed by atoms with Crippen LogP contribution in [-0.2, 0) is 9.53 Å². The van der Waals surface area contributed by atoms with Crippen molar-refractivity contribution in [2.75, 3.05) is 40.0 Å². The third-order valence-corrected chi connectivity index (χ3v) is 7.10. The lowest BCUT2D eigenvalue weighted by atomic mass is 9.97. The molecule has 3 atom stereocenters. The van der Waals surface area contributed by atoms with E-state index in [1.807, 2.05) is 6.92 Å². The van der Waals surface area contributed by atoms with Gasteiger partial charge in [0.15, 0.2) is 0 Å². The summed E-state index contributed by atoms with van der Waals surface area (Å²) in [5.41, 5.74) is 1.20. The van der Waals surface area contributed by atoms with Crippen LogP contribution in [0.25, 0.3) is 0 Å². The van der Waals surface area contributed by atoms with Crippen molar-refractivity contribution in [2.45, 2.75) is 38.8 Å². The van der Waals surface area contributed by atoms with Gasteiger partial charge in [0.05, 0.1) is 19.2 Å². The summed E-state index contributed by atoms with van der Waals surface area (Å²) in [7, 11) is 1.77. The summed E-state index contributed by atoms with van der Waals surface area (Å²) < 4.78 is 25.2. The molecule has 2 aromatic rings. The van der Waals surface area contributed by atoms with Gasteiger partial charge in [-0.15, -0.1) is 0 Å². The van der Waals surface area contributed by atoms with Crippen molar-refractivity contribution in [2.24, 2.45) is 11.8 Å². The Hall–Kier alpha value is -3.48. The fraction of sp³-hybridized carbons (Fsp3) is 0.483. The molecular weight excluding hydrogens is 489 g/mol. The smallest absolute Gasteiger partial charge is 0.259 e. The fourth-order valence-corrected chi connectivity index (χ4v) is 4.72. The SMILES string of the molecule is C[C@H](CO)N1C[C@H](C)[C@H](CN(C)C(=O)C2CCOCC2)Oc2ncc(C#Cc3cccc(F)c3)cc2C1=O. The molecule has 2 aliphatic rings. The number of nitrogens with zero attached hydrogens (tertiary/aromatic N) is 3. The molecule has 1 aromatic heterocycles. The van der Waals surface area contributed by atoms with E-state index in [4.69, 9.17) is 9.47 Å². The lowest BCUT2D eigenvalue weighted by Crippen LogP contribution is -2.51. The Bertz CT molecular complexity index is 1220. The van der Waals surface area contributed by atoms with Crippen molar-refractivity contribution >= 4 is 11.8 Å². The minimum atomic E-state index is -0.430. The van der Waals surface area contributed by atoms with E-state index in [0.29, 0.717) is 50.3 Å². The zero-order chi connectivity index (χ0) is 27.2. The van der Waals surface area contributed by atoms with Gasteiger partial charge in [0.25, 0.3) is 5.91 Å². The molecule has 1 aromatic carbocycles. The van der Waals surface area contributed by atoms with Gasteiger partial charge >= 0.3 is 0 Å². The molecule has 2 aliphatic heterocycles. The summed E-state index contributed by atoms with van der Waals surface area (Å²) in [5.74, 6) is 5.13. The standard InChI is InChI=1S/C29H34FN3O5/c1-19-16-33(20(2)18-34)29(36)25-14-22(8-7-21-5-4-6-24(30)13-21)15-31-27(25)38-26(19)17-32(3)28(35)23-9-11-37-12-10-23/h4-6,13-15,19-20,23,26,34H,9-12,16-18H2,1-3H3/t19-,20+,26-/m0/s1. The van der Waals surface area contributed by atoms with Crippen LogP contribution >= 0.6 is 0 Å². The quantitative estimate of drug-likeness (QED) is 0.606. The van der Waals surface area contributed by atoms with Gasteiger partial charge in [0.2, 0.25) is 11.8 Å². The molecule has 2 amide bonds. The van der Waals surface area contributed by atoms with Crippen molar-refractivity contribution in [3.05, 3.63) is 59.0 Å². The molecule has 1 fully saturated rings. The normalized spacial score (nSPS) is 20.8. The van der Waals surface area contributed by atoms with Crippen LogP contribution in [0, 0.1) is 29.5 Å². The van der Waals surface area contributed by atoms with Crippen LogP contribution < -0.4 is 4.74 Å². The molecule has 1 saturated heterocycles. The van der Waals surface area contributed by atoms with E-state index in [9.17, 15) is 19.1 Å². The minimum Gasteiger partial charge on any atom is -0.472 e. The number of ether oxygens (including phenoxy) is 2. The molecule has 0 aliphatic carbocycles. The Kier molecular flexibility index (Phi) is 8.97. The lowest BCUT2D eigenvalue weighted by Gasteiger charge is -2.38. The number of likely N-dealkylation sites (N-methyl/N-ethyl adjacent to an activating group) is 1. The van der Waals surface area contributed by atoms with E-state index >= 15 is 0 Å². The third kappa shape index (κ3) is 6.50. The van der Waals surface area contributed by atoms with Crippen LogP contribution in [0.4, 0.5) is 4.39 Å². The van der Waals surface area contributed by atoms with Crippen LogP contribution in [0.3, 0.4) is 0 Å². The van der Waals surface area contributed by atoms with E-state index in [2.05, 4.69) is 16.8 Å². The molecule has 0 bridgehead atoms. The zero-order valence-electron chi connectivity index (χ0n) is 22.0. The number of hydrogen-bond acceptors (Lipinski definition) is 6. The summed E-state index contributed by atoms with van der Waals surface area (Å²) in [5, 5.41) is 9.86. The van der Waals surface area contributed by atoms with E-state index in [1.165, 1.54) is 18.3 Å². The Morgan fingerprint density at radius 3 is 2.71 bits per heavy atom. The zero-order valence-corrected chi connectivity index (χ0v) is 22.0. The van der Waals surface area contributed by atoms with Gasteiger partial charge in [-0.25, -0.2) is 9.37 Å². The Morgan fingerprint density at radius 2 is 2.00 bits per heavy atom. The number of halogens is 1. The molecule has 9 heteroatoms. The minimum absolute atomic E-state index is 0.0546. The van der Waals surface area contributed by atoms with Crippen LogP contribution in [0.15, 0.2) is 36.5 Å². The topological polar surface area (TPSA) is 92.2 Å². The molecular formula is C29H34FN3O5. The summed E-state index contributed by atoms with van der Waals surface area (Å²) in [6.07, 6.45) is 2.48. The van der Waals surface area contributed by atoms with Gasteiger partial charge in [0, 0.05) is 56.0 Å². The largest absolute Gasteiger partial charge is 0.472 e. The van der Waals surface area contributed by atoms with E-state index < -0.39 is 12.1 Å². The van der Waals surface area contributed by atoms with Crippen molar-refractivity contribution in [3.63, 3.8) is 0 Å². The number of rotatable bonds is 5. The number of aliphatic hydroxyl groups is 1. The van der Waals surface area contributed by atoms with Crippen LogP contribution in [0.1, 0.15) is 48.2 Å². The molecule has 0 radical (unpaired) electrons. The Morgan fingerprint density at radius 1 is 1.26 bits per heavy atom. The van der Waals surface area contributed by atoms with Gasteiger partial charge in [-0.1, -0.05) is 24.8 Å². The number of fused-ring (bicyclic) bond motifs is 1. The summed E-state index contributed by atoms with van der Waals surface area (Å²) >= 11 is 0. The Labute approximate surface area is 222 Å². The number of amides is 2. The van der Waals surface area contributed by atoms with Gasteiger partial charge in [-0.2, -0.15) is 0 Å². The predicted octanol–water partition coefficient (Wildman–Crippen LogP) is 2.73. The fourth-order valence-electron chi connectivity index (χ4n) is 4.72. The highest BCUT2D eigenvalue weighted by atomic mass is 19.1. The maximum Gasteiger partial charge on any atom is 0.259 e. The summed E-state index contributed by atoms with van der Waals surface area (Å²) in [6, 6.07) is 7.13. The van der Waals surface area contributed by atoms with E-state index in [-0.39, 0.29) is 47.5 Å². The molecule has 0 spiro atoms. The van der Waals surface area contributed by atoms with E-state index in [0.717, 1.165) is 0 Å². The summed E-state index contributed by atoms with van der Waals surface area (Å²) in [6.45, 7) is 5.37. The Balaban J connectivity index is 1.62. The van der Waals surface area contributed by atoms with Gasteiger partial charge in [-0.3, -0.25) is 9.59 Å². The number of carbonyl (C=O) groups excluding carboxylic acids is 2. The second-order valence-electron chi connectivity index (χ2n) is 10.1. The summed E-state index contributed by atoms with van der Waals surface area (Å²) in [4.78, 5) is 34.4. The number of carbonyl (C=O) groups is 2. The number of benzene rings is 1. The van der Waals surface area contributed by atoms with Crippen LogP contribution in [0.5, 0.6) is 5.88 Å². The molecule has 1 N–H and O–H groups in total. The molecule has 4 rings (SSSR count). The highest BCUT2D eigenvalue weighted by molar-refractivity contribution is 5.97. The first-order chi connectivity index (χ1) is 18.3. The van der Waals surface area contributed by atoms with Crippen LogP contribution in [0.2, 0.25) is 0 Å². The predicted molar refractivity (Wildman–Crippen MR) is 139 cm³/mol. The molecule has 3 heterocycles. The second kappa shape index (κ2) is 12.4. The second-order valence-corrected chi connectivity index (χ2v) is 10.1. The number of aromatic nitrogens is 1. The lowest BCUT2D eigenvalue weighted by molar-refractivity contribution is -0.138. The molecule has 0 saturated carbocycles. The highest BCUT2D eigenvalue weighted by Crippen LogP contribution is 2.28. The molecule has 202 valence electrons. The first kappa shape index (κ1) is 27.6. The number of hydrogen-bond donors (Lipinski definition) is 1. The van der Waals surface area contributed by atoms with Gasteiger partial charge in [-0.05, 0) is 44.0 Å². The first-order valence-corrected chi connectivity index (χ1v) is 13.0. The van der Waals surface area contributed by atoms with Crippen molar-refractivity contribution in [1.29, 1.82) is 0 Å². The maximum atomic E-state index is 13.6. The maximum absolute atomic E-state index is 13.6. The van der Waals surface area contributed by atoms with E-state index in [1.54, 1.807) is 42.0 Å². The van der Waals surface area contributed by atoms with Gasteiger partial charge < -0.3 is 24.4 Å². The molecule has 38 heavy (non-hydrogen) atoms. The molecule has 8 nitrogen and oxygen atoms in total. The third-order valence-electron chi connectivity index (χ3n) is 7.10. The first-order valence-electron chi connectivity index (χ1n) is 13.0.